The lowest BCUT2D eigenvalue weighted by molar-refractivity contribution is -0.122. The van der Waals surface area contributed by atoms with Gasteiger partial charge in [0, 0.05) is 11.8 Å². The summed E-state index contributed by atoms with van der Waals surface area (Å²) in [6.07, 6.45) is 2.16. The van der Waals surface area contributed by atoms with Crippen LogP contribution in [0.15, 0.2) is 54.1 Å². The largest absolute Gasteiger partial charge is 0.490 e. The fourth-order valence-electron chi connectivity index (χ4n) is 4.56. The molecule has 0 aliphatic carbocycles. The monoisotopic (exact) mass is 741 g/mol. The number of benzene rings is 3. The summed E-state index contributed by atoms with van der Waals surface area (Å²) in [4.78, 5) is 52.9. The van der Waals surface area contributed by atoms with Crippen LogP contribution in [-0.4, -0.2) is 50.2 Å². The topological polar surface area (TPSA) is 132 Å². The summed E-state index contributed by atoms with van der Waals surface area (Å²) in [5, 5.41) is 5.10. The van der Waals surface area contributed by atoms with Crippen molar-refractivity contribution < 1.29 is 38.1 Å². The number of carbonyl (C=O) groups excluding carboxylic acids is 4. The molecule has 3 aromatic rings. The third kappa shape index (κ3) is 8.16. The zero-order valence-corrected chi connectivity index (χ0v) is 28.5. The molecule has 1 heterocycles. The van der Waals surface area contributed by atoms with Crippen molar-refractivity contribution in [2.24, 2.45) is 0 Å². The molecule has 0 atom stereocenters. The zero-order chi connectivity index (χ0) is 33.4. The number of nitrogens with one attached hydrogen (secondary N) is 2. The van der Waals surface area contributed by atoms with Gasteiger partial charge in [-0.1, -0.05) is 19.1 Å². The molecule has 1 aliphatic rings. The van der Waals surface area contributed by atoms with E-state index in [-0.39, 0.29) is 23.8 Å². The molecule has 1 aliphatic heterocycles. The predicted molar refractivity (Wildman–Crippen MR) is 183 cm³/mol. The fraction of sp³-hybridized carbons (Fsp3) is 0.294. The van der Waals surface area contributed by atoms with Crippen LogP contribution in [0.3, 0.4) is 0 Å². The average Bonchev–Trinajstić information content (AvgIpc) is 3.00. The van der Waals surface area contributed by atoms with Gasteiger partial charge in [-0.15, -0.1) is 0 Å². The van der Waals surface area contributed by atoms with Crippen LogP contribution in [0.1, 0.15) is 43.9 Å². The Labute approximate surface area is 281 Å². The van der Waals surface area contributed by atoms with E-state index in [2.05, 4.69) is 10.6 Å². The Morgan fingerprint density at radius 2 is 1.63 bits per heavy atom. The maximum Gasteiger partial charge on any atom is 0.335 e. The molecular weight excluding hydrogens is 705 g/mol. The molecule has 0 radical (unpaired) electrons. The fourth-order valence-corrected chi connectivity index (χ4v) is 5.34. The summed E-state index contributed by atoms with van der Waals surface area (Å²) in [5.74, 6) is -0.486. The molecule has 12 heteroatoms. The number of nitrogens with zero attached hydrogens (tertiary/aromatic N) is 1. The average molecular weight is 742 g/mol. The van der Waals surface area contributed by atoms with Gasteiger partial charge in [-0.2, -0.15) is 0 Å². The van der Waals surface area contributed by atoms with Gasteiger partial charge in [0.25, 0.3) is 17.7 Å². The second-order valence-corrected chi connectivity index (χ2v) is 11.5. The summed E-state index contributed by atoms with van der Waals surface area (Å²) in [5.41, 5.74) is 3.04. The van der Waals surface area contributed by atoms with E-state index >= 15 is 0 Å². The maximum absolute atomic E-state index is 13.6. The molecule has 0 spiro atoms. The molecule has 242 valence electrons. The van der Waals surface area contributed by atoms with Gasteiger partial charge in [-0.25, -0.2) is 9.69 Å². The normalized spacial score (nSPS) is 13.8. The summed E-state index contributed by atoms with van der Waals surface area (Å²) in [6.45, 7) is 10.3. The van der Waals surface area contributed by atoms with Gasteiger partial charge in [-0.05, 0) is 110 Å². The molecule has 0 aromatic heterocycles. The summed E-state index contributed by atoms with van der Waals surface area (Å²) in [6, 6.07) is 12.9. The number of urea groups is 1. The highest BCUT2D eigenvalue weighted by Crippen LogP contribution is 2.36. The summed E-state index contributed by atoms with van der Waals surface area (Å²) >= 11 is 2.03. The molecule has 46 heavy (non-hydrogen) atoms. The minimum absolute atomic E-state index is 0.209. The molecule has 0 bridgehead atoms. The van der Waals surface area contributed by atoms with Crippen LogP contribution in [-0.2, 0) is 14.4 Å². The van der Waals surface area contributed by atoms with Crippen LogP contribution in [0, 0.1) is 17.4 Å². The van der Waals surface area contributed by atoms with Crippen molar-refractivity contribution >= 4 is 63.8 Å². The number of ether oxygens (including phenoxy) is 4. The van der Waals surface area contributed by atoms with Crippen molar-refractivity contribution in [3.8, 4) is 23.0 Å². The smallest absolute Gasteiger partial charge is 0.335 e. The van der Waals surface area contributed by atoms with Crippen molar-refractivity contribution in [3.05, 3.63) is 74.4 Å². The number of amides is 5. The van der Waals surface area contributed by atoms with E-state index in [0.717, 1.165) is 22.4 Å². The van der Waals surface area contributed by atoms with E-state index in [1.807, 2.05) is 68.5 Å². The van der Waals surface area contributed by atoms with Crippen molar-refractivity contribution in [2.75, 3.05) is 36.6 Å². The Balaban J connectivity index is 1.59. The lowest BCUT2D eigenvalue weighted by atomic mass is 10.1. The van der Waals surface area contributed by atoms with Gasteiger partial charge in [-0.3, -0.25) is 19.7 Å². The van der Waals surface area contributed by atoms with Crippen molar-refractivity contribution in [1.82, 2.24) is 5.32 Å². The summed E-state index contributed by atoms with van der Waals surface area (Å²) in [7, 11) is 0. The van der Waals surface area contributed by atoms with Crippen LogP contribution in [0.4, 0.5) is 16.2 Å². The highest BCUT2D eigenvalue weighted by atomic mass is 127. The molecule has 3 aromatic carbocycles. The first kappa shape index (κ1) is 34.3. The minimum atomic E-state index is -0.885. The predicted octanol–water partition coefficient (Wildman–Crippen LogP) is 6.18. The van der Waals surface area contributed by atoms with Crippen LogP contribution in [0.5, 0.6) is 23.0 Å². The lowest BCUT2D eigenvalue weighted by Gasteiger charge is -2.27. The second-order valence-electron chi connectivity index (χ2n) is 10.3. The molecule has 4 rings (SSSR count). The molecule has 11 nitrogen and oxygen atoms in total. The number of barbiturate groups is 1. The number of imide groups is 2. The van der Waals surface area contributed by atoms with E-state index in [1.165, 1.54) is 12.1 Å². The number of hydrogen-bond acceptors (Lipinski definition) is 8. The third-order valence-electron chi connectivity index (χ3n) is 6.71. The van der Waals surface area contributed by atoms with Gasteiger partial charge in [0.2, 0.25) is 0 Å². The van der Waals surface area contributed by atoms with Crippen molar-refractivity contribution in [3.63, 3.8) is 0 Å². The highest BCUT2D eigenvalue weighted by Gasteiger charge is 2.37. The molecule has 5 amide bonds. The first-order valence-corrected chi connectivity index (χ1v) is 15.9. The minimum Gasteiger partial charge on any atom is -0.490 e. The second kappa shape index (κ2) is 15.6. The quantitative estimate of drug-likeness (QED) is 0.121. The SMILES string of the molecule is CCCOc1ccc(N2C(=O)NC(=O)/C(=C\c3cc(I)c(OCC(=O)Nc4cc(C)ccc4C)c(OCC)c3)C2=O)cc1OCC. The Morgan fingerprint density at radius 3 is 2.35 bits per heavy atom. The van der Waals surface area contributed by atoms with E-state index in [1.54, 1.807) is 31.2 Å². The zero-order valence-electron chi connectivity index (χ0n) is 26.3. The summed E-state index contributed by atoms with van der Waals surface area (Å²) < 4.78 is 23.7. The van der Waals surface area contributed by atoms with E-state index in [0.29, 0.717) is 57.6 Å². The van der Waals surface area contributed by atoms with Crippen LogP contribution >= 0.6 is 22.6 Å². The number of aryl methyl sites for hydroxylation is 2. The molecule has 2 N–H and O–H groups in total. The van der Waals surface area contributed by atoms with Crippen molar-refractivity contribution in [2.45, 2.75) is 41.0 Å². The molecule has 0 unspecified atom stereocenters. The Bertz CT molecular complexity index is 1690. The number of carbonyl (C=O) groups is 4. The van der Waals surface area contributed by atoms with E-state index in [9.17, 15) is 19.2 Å². The Morgan fingerprint density at radius 1 is 0.891 bits per heavy atom. The number of rotatable bonds is 13. The van der Waals surface area contributed by atoms with Gasteiger partial charge in [0.1, 0.15) is 5.57 Å². The number of hydrogen-bond donors (Lipinski definition) is 2. The molecule has 1 saturated heterocycles. The van der Waals surface area contributed by atoms with Gasteiger partial charge in [0.15, 0.2) is 29.6 Å². The van der Waals surface area contributed by atoms with E-state index < -0.39 is 17.8 Å². The first-order valence-electron chi connectivity index (χ1n) is 14.8. The Kier molecular flexibility index (Phi) is 11.6. The van der Waals surface area contributed by atoms with Crippen LogP contribution in [0.25, 0.3) is 6.08 Å². The highest BCUT2D eigenvalue weighted by molar-refractivity contribution is 14.1. The van der Waals surface area contributed by atoms with Crippen LogP contribution in [0.2, 0.25) is 0 Å². The number of anilines is 2. The van der Waals surface area contributed by atoms with Gasteiger partial charge in [0.05, 0.1) is 29.1 Å². The van der Waals surface area contributed by atoms with Crippen LogP contribution < -0.4 is 34.5 Å². The Hall–Kier alpha value is -4.59. The number of halogens is 1. The van der Waals surface area contributed by atoms with E-state index in [4.69, 9.17) is 18.9 Å². The maximum atomic E-state index is 13.6. The molecule has 0 saturated carbocycles. The van der Waals surface area contributed by atoms with Crippen molar-refractivity contribution in [1.29, 1.82) is 0 Å². The standard InChI is InChI=1S/C34H36IN3O8/c1-6-13-45-27-12-11-23(18-28(27)43-7-2)38-33(41)24(32(40)37-34(38)42)15-22-16-25(35)31(29(17-22)44-8-3)46-19-30(39)36-26-14-20(4)9-10-21(26)5/h9-12,14-18H,6-8,13,19H2,1-5H3,(H,36,39)(H,37,40,42)/b24-15+. The first-order chi connectivity index (χ1) is 22.1. The molecular formula is C34H36IN3O8. The van der Waals surface area contributed by atoms with Gasteiger partial charge >= 0.3 is 6.03 Å². The third-order valence-corrected chi connectivity index (χ3v) is 7.51. The molecule has 1 fully saturated rings. The van der Waals surface area contributed by atoms with Gasteiger partial charge < -0.3 is 24.3 Å². The lowest BCUT2D eigenvalue weighted by Crippen LogP contribution is -2.54.